The smallest absolute Gasteiger partial charge is 0.330 e. The summed E-state index contributed by atoms with van der Waals surface area (Å²) in [4.78, 5) is 19.8. The number of carbonyl (C=O) groups is 1. The number of anilines is 2. The zero-order valence-electron chi connectivity index (χ0n) is 12.2. The molecule has 0 aromatic carbocycles. The Hall–Kier alpha value is -1.85. The van der Waals surface area contributed by atoms with Crippen molar-refractivity contribution in [3.8, 4) is 0 Å². The Morgan fingerprint density at radius 1 is 1.37 bits per heavy atom. The van der Waals surface area contributed by atoms with Crippen molar-refractivity contribution in [1.82, 2.24) is 9.97 Å². The molecule has 106 valence electrons. The summed E-state index contributed by atoms with van der Waals surface area (Å²) in [6.45, 7) is 8.54. The Labute approximate surface area is 114 Å². The van der Waals surface area contributed by atoms with Gasteiger partial charge >= 0.3 is 5.97 Å². The van der Waals surface area contributed by atoms with Crippen LogP contribution in [-0.4, -0.2) is 35.1 Å². The van der Waals surface area contributed by atoms with Gasteiger partial charge in [-0.05, 0) is 19.8 Å². The van der Waals surface area contributed by atoms with Gasteiger partial charge in [-0.3, -0.25) is 0 Å². The highest BCUT2D eigenvalue weighted by Gasteiger charge is 2.28. The number of carbonyl (C=O) groups excluding carboxylic acids is 1. The maximum absolute atomic E-state index is 11.6. The maximum atomic E-state index is 11.6. The van der Waals surface area contributed by atoms with Crippen molar-refractivity contribution in [2.24, 2.45) is 5.92 Å². The molecule has 0 saturated heterocycles. The molecule has 0 amide bonds. The van der Waals surface area contributed by atoms with Gasteiger partial charge in [0.1, 0.15) is 23.5 Å². The number of hydrogen-bond donors (Lipinski definition) is 2. The van der Waals surface area contributed by atoms with E-state index in [0.29, 0.717) is 11.7 Å². The van der Waals surface area contributed by atoms with Gasteiger partial charge < -0.3 is 15.4 Å². The Morgan fingerprint density at radius 3 is 2.58 bits per heavy atom. The number of esters is 1. The summed E-state index contributed by atoms with van der Waals surface area (Å²) in [6.07, 6.45) is 1.46. The predicted octanol–water partition coefficient (Wildman–Crippen LogP) is 1.91. The Balaban J connectivity index is 2.74. The zero-order chi connectivity index (χ0) is 14.5. The average molecular weight is 266 g/mol. The summed E-state index contributed by atoms with van der Waals surface area (Å²) < 4.78 is 4.74. The molecule has 19 heavy (non-hydrogen) atoms. The molecule has 0 saturated carbocycles. The second-order valence-corrected chi connectivity index (χ2v) is 5.30. The number of hydrogen-bond acceptors (Lipinski definition) is 6. The molecule has 0 atom stereocenters. The first kappa shape index (κ1) is 15.2. The predicted molar refractivity (Wildman–Crippen MR) is 75.1 cm³/mol. The number of nitrogens with zero attached hydrogens (tertiary/aromatic N) is 2. The first-order chi connectivity index (χ1) is 8.85. The van der Waals surface area contributed by atoms with Crippen LogP contribution in [0.5, 0.6) is 0 Å². The van der Waals surface area contributed by atoms with Gasteiger partial charge in [0.2, 0.25) is 0 Å². The summed E-state index contributed by atoms with van der Waals surface area (Å²) in [5, 5.41) is 6.24. The van der Waals surface area contributed by atoms with Crippen molar-refractivity contribution in [1.29, 1.82) is 0 Å². The van der Waals surface area contributed by atoms with Gasteiger partial charge in [0.15, 0.2) is 0 Å². The maximum Gasteiger partial charge on any atom is 0.330 e. The van der Waals surface area contributed by atoms with E-state index in [0.717, 1.165) is 12.4 Å². The molecule has 6 heteroatoms. The largest absolute Gasteiger partial charge is 0.467 e. The van der Waals surface area contributed by atoms with Crippen LogP contribution in [0.4, 0.5) is 11.6 Å². The van der Waals surface area contributed by atoms with Gasteiger partial charge in [0.25, 0.3) is 0 Å². The number of aromatic nitrogens is 2. The van der Waals surface area contributed by atoms with E-state index in [1.54, 1.807) is 19.9 Å². The minimum absolute atomic E-state index is 0.345. The van der Waals surface area contributed by atoms with Crippen LogP contribution in [-0.2, 0) is 9.53 Å². The molecule has 0 aliphatic heterocycles. The summed E-state index contributed by atoms with van der Waals surface area (Å²) in [7, 11) is 1.36. The van der Waals surface area contributed by atoms with E-state index in [1.807, 2.05) is 0 Å². The van der Waals surface area contributed by atoms with Crippen LogP contribution in [0.1, 0.15) is 27.7 Å². The SMILES string of the molecule is COC(=O)C(C)(C)Nc1cc(NCC(C)C)ncn1. The third-order valence-electron chi connectivity index (χ3n) is 2.49. The fourth-order valence-electron chi connectivity index (χ4n) is 1.46. The Morgan fingerprint density at radius 2 is 2.00 bits per heavy atom. The lowest BCUT2D eigenvalue weighted by Crippen LogP contribution is -2.41. The van der Waals surface area contributed by atoms with Crippen LogP contribution >= 0.6 is 0 Å². The monoisotopic (exact) mass is 266 g/mol. The number of ether oxygens (including phenoxy) is 1. The lowest BCUT2D eigenvalue weighted by molar-refractivity contribution is -0.144. The minimum Gasteiger partial charge on any atom is -0.467 e. The fourth-order valence-corrected chi connectivity index (χ4v) is 1.46. The first-order valence-corrected chi connectivity index (χ1v) is 6.27. The highest BCUT2D eigenvalue weighted by molar-refractivity contribution is 5.83. The molecule has 1 aromatic rings. The van der Waals surface area contributed by atoms with Crippen LogP contribution in [0.15, 0.2) is 12.4 Å². The highest BCUT2D eigenvalue weighted by atomic mass is 16.5. The van der Waals surface area contributed by atoms with Crippen LogP contribution in [0, 0.1) is 5.92 Å². The Bertz CT molecular complexity index is 432. The molecule has 0 aliphatic carbocycles. The number of nitrogens with one attached hydrogen (secondary N) is 2. The molecule has 0 fully saturated rings. The van der Waals surface area contributed by atoms with E-state index in [4.69, 9.17) is 4.74 Å². The summed E-state index contributed by atoms with van der Waals surface area (Å²) in [5.74, 6) is 1.49. The highest BCUT2D eigenvalue weighted by Crippen LogP contribution is 2.16. The molecule has 0 unspecified atom stereocenters. The van der Waals surface area contributed by atoms with Crippen molar-refractivity contribution in [3.63, 3.8) is 0 Å². The molecule has 0 bridgehead atoms. The van der Waals surface area contributed by atoms with Gasteiger partial charge in [-0.15, -0.1) is 0 Å². The molecule has 0 radical (unpaired) electrons. The molecular weight excluding hydrogens is 244 g/mol. The van der Waals surface area contributed by atoms with E-state index >= 15 is 0 Å². The van der Waals surface area contributed by atoms with Crippen LogP contribution < -0.4 is 10.6 Å². The normalized spacial score (nSPS) is 11.3. The Kier molecular flexibility index (Phi) is 5.09. The van der Waals surface area contributed by atoms with Crippen LogP contribution in [0.25, 0.3) is 0 Å². The minimum atomic E-state index is -0.835. The molecule has 0 aliphatic rings. The van der Waals surface area contributed by atoms with Crippen LogP contribution in [0.2, 0.25) is 0 Å². The third-order valence-corrected chi connectivity index (χ3v) is 2.49. The fraction of sp³-hybridized carbons (Fsp3) is 0.615. The van der Waals surface area contributed by atoms with Crippen LogP contribution in [0.3, 0.4) is 0 Å². The van der Waals surface area contributed by atoms with E-state index in [1.165, 1.54) is 13.4 Å². The quantitative estimate of drug-likeness (QED) is 0.766. The molecule has 1 aromatic heterocycles. The van der Waals surface area contributed by atoms with Crippen molar-refractivity contribution in [3.05, 3.63) is 12.4 Å². The van der Waals surface area contributed by atoms with Crippen molar-refractivity contribution >= 4 is 17.6 Å². The molecule has 6 nitrogen and oxygen atoms in total. The molecule has 0 spiro atoms. The second kappa shape index (κ2) is 6.36. The van der Waals surface area contributed by atoms with Gasteiger partial charge in [-0.25, -0.2) is 14.8 Å². The number of rotatable bonds is 6. The number of methoxy groups -OCH3 is 1. The van der Waals surface area contributed by atoms with E-state index in [9.17, 15) is 4.79 Å². The van der Waals surface area contributed by atoms with Gasteiger partial charge in [0.05, 0.1) is 7.11 Å². The molecule has 1 rings (SSSR count). The third kappa shape index (κ3) is 4.73. The first-order valence-electron chi connectivity index (χ1n) is 6.27. The molecular formula is C13H22N4O2. The van der Waals surface area contributed by atoms with Gasteiger partial charge in [0, 0.05) is 12.6 Å². The molecule has 1 heterocycles. The summed E-state index contributed by atoms with van der Waals surface area (Å²) in [5.41, 5.74) is -0.835. The van der Waals surface area contributed by atoms with E-state index < -0.39 is 5.54 Å². The molecule has 2 N–H and O–H groups in total. The summed E-state index contributed by atoms with van der Waals surface area (Å²) in [6, 6.07) is 1.77. The lowest BCUT2D eigenvalue weighted by Gasteiger charge is -2.23. The zero-order valence-corrected chi connectivity index (χ0v) is 12.2. The topological polar surface area (TPSA) is 76.1 Å². The standard InChI is InChI=1S/C13H22N4O2/c1-9(2)7-14-10-6-11(16-8-15-10)17-13(3,4)12(18)19-5/h6,8-9H,7H2,1-5H3,(H2,14,15,16,17). The van der Waals surface area contributed by atoms with E-state index in [2.05, 4.69) is 34.4 Å². The lowest BCUT2D eigenvalue weighted by atomic mass is 10.1. The van der Waals surface area contributed by atoms with Gasteiger partial charge in [-0.1, -0.05) is 13.8 Å². The van der Waals surface area contributed by atoms with Crippen molar-refractivity contribution < 1.29 is 9.53 Å². The van der Waals surface area contributed by atoms with Crippen molar-refractivity contribution in [2.75, 3.05) is 24.3 Å². The average Bonchev–Trinajstić information content (AvgIpc) is 2.35. The van der Waals surface area contributed by atoms with E-state index in [-0.39, 0.29) is 5.97 Å². The second-order valence-electron chi connectivity index (χ2n) is 5.30. The van der Waals surface area contributed by atoms with Gasteiger partial charge in [-0.2, -0.15) is 0 Å². The van der Waals surface area contributed by atoms with Crippen molar-refractivity contribution in [2.45, 2.75) is 33.2 Å². The summed E-state index contributed by atoms with van der Waals surface area (Å²) >= 11 is 0.